The maximum atomic E-state index is 11.5. The van der Waals surface area contributed by atoms with Gasteiger partial charge in [-0.1, -0.05) is 0 Å². The van der Waals surface area contributed by atoms with Crippen molar-refractivity contribution in [1.29, 1.82) is 0 Å². The van der Waals surface area contributed by atoms with Crippen molar-refractivity contribution < 1.29 is 9.53 Å². The summed E-state index contributed by atoms with van der Waals surface area (Å²) in [4.78, 5) is 11.5. The lowest BCUT2D eigenvalue weighted by Crippen LogP contribution is -2.48. The second-order valence-electron chi connectivity index (χ2n) is 5.01. The molecule has 4 nitrogen and oxygen atoms in total. The Morgan fingerprint density at radius 1 is 1.44 bits per heavy atom. The lowest BCUT2D eigenvalue weighted by atomic mass is 10.0. The number of hydrogen-bond donors (Lipinski definition) is 2. The van der Waals surface area contributed by atoms with E-state index in [0.717, 1.165) is 38.9 Å². The predicted octanol–water partition coefficient (Wildman–Crippen LogP) is 0.670. The standard InChI is InChI=1S/C12H22N2O2/c1-9-2-3-11(16-9)4-5-12(15)14-8-10-6-13-7-10/h9-11,13H,2-8H2,1H3,(H,14,15). The number of rotatable bonds is 5. The molecule has 2 fully saturated rings. The largest absolute Gasteiger partial charge is 0.375 e. The first-order valence-electron chi connectivity index (χ1n) is 6.37. The van der Waals surface area contributed by atoms with Crippen molar-refractivity contribution in [3.8, 4) is 0 Å². The zero-order chi connectivity index (χ0) is 11.4. The third-order valence-electron chi connectivity index (χ3n) is 3.47. The Hall–Kier alpha value is -0.610. The minimum atomic E-state index is 0.176. The second-order valence-corrected chi connectivity index (χ2v) is 5.01. The van der Waals surface area contributed by atoms with Crippen LogP contribution in [0.15, 0.2) is 0 Å². The van der Waals surface area contributed by atoms with E-state index >= 15 is 0 Å². The topological polar surface area (TPSA) is 50.4 Å². The Labute approximate surface area is 97.1 Å². The van der Waals surface area contributed by atoms with Crippen molar-refractivity contribution in [3.63, 3.8) is 0 Å². The molecule has 0 spiro atoms. The summed E-state index contributed by atoms with van der Waals surface area (Å²) in [6.07, 6.45) is 4.43. The van der Waals surface area contributed by atoms with Crippen LogP contribution in [0, 0.1) is 5.92 Å². The molecule has 2 saturated heterocycles. The van der Waals surface area contributed by atoms with Crippen LogP contribution in [-0.2, 0) is 9.53 Å². The molecule has 0 aromatic rings. The molecule has 0 saturated carbocycles. The second kappa shape index (κ2) is 5.64. The van der Waals surface area contributed by atoms with E-state index < -0.39 is 0 Å². The molecule has 2 N–H and O–H groups in total. The Kier molecular flexibility index (Phi) is 4.18. The summed E-state index contributed by atoms with van der Waals surface area (Å²) in [5.41, 5.74) is 0. The molecule has 0 radical (unpaired) electrons. The first kappa shape index (κ1) is 11.9. The number of carbonyl (C=O) groups is 1. The Morgan fingerprint density at radius 3 is 2.81 bits per heavy atom. The SMILES string of the molecule is CC1CCC(CCC(=O)NCC2CNC2)O1. The average molecular weight is 226 g/mol. The minimum Gasteiger partial charge on any atom is -0.375 e. The van der Waals surface area contributed by atoms with Gasteiger partial charge in [-0.25, -0.2) is 0 Å². The molecule has 2 unspecified atom stereocenters. The van der Waals surface area contributed by atoms with E-state index in [1.165, 1.54) is 0 Å². The molecule has 2 heterocycles. The van der Waals surface area contributed by atoms with Gasteiger partial charge in [-0.2, -0.15) is 0 Å². The molecule has 16 heavy (non-hydrogen) atoms. The highest BCUT2D eigenvalue weighted by molar-refractivity contribution is 5.75. The summed E-state index contributed by atoms with van der Waals surface area (Å²) in [6, 6.07) is 0. The van der Waals surface area contributed by atoms with Gasteiger partial charge in [0.15, 0.2) is 0 Å². The minimum absolute atomic E-state index is 0.176. The Bertz CT molecular complexity index is 241. The van der Waals surface area contributed by atoms with E-state index in [2.05, 4.69) is 17.6 Å². The Balaban J connectivity index is 1.53. The van der Waals surface area contributed by atoms with Gasteiger partial charge in [0.2, 0.25) is 5.91 Å². The molecule has 0 aromatic heterocycles. The number of ether oxygens (including phenoxy) is 1. The maximum Gasteiger partial charge on any atom is 0.220 e. The third kappa shape index (κ3) is 3.46. The third-order valence-corrected chi connectivity index (χ3v) is 3.47. The quantitative estimate of drug-likeness (QED) is 0.724. The smallest absolute Gasteiger partial charge is 0.220 e. The average Bonchev–Trinajstić information content (AvgIpc) is 2.59. The van der Waals surface area contributed by atoms with Gasteiger partial charge < -0.3 is 15.4 Å². The summed E-state index contributed by atoms with van der Waals surface area (Å²) in [7, 11) is 0. The molecule has 0 aliphatic carbocycles. The van der Waals surface area contributed by atoms with E-state index in [0.29, 0.717) is 24.5 Å². The molecule has 4 heteroatoms. The van der Waals surface area contributed by atoms with Gasteiger partial charge in [0.1, 0.15) is 0 Å². The highest BCUT2D eigenvalue weighted by Crippen LogP contribution is 2.22. The summed E-state index contributed by atoms with van der Waals surface area (Å²) < 4.78 is 5.68. The molecule has 1 amide bonds. The van der Waals surface area contributed by atoms with Crippen molar-refractivity contribution in [3.05, 3.63) is 0 Å². The van der Waals surface area contributed by atoms with Crippen molar-refractivity contribution in [2.75, 3.05) is 19.6 Å². The summed E-state index contributed by atoms with van der Waals surface area (Å²) in [5.74, 6) is 0.821. The highest BCUT2D eigenvalue weighted by Gasteiger charge is 2.22. The van der Waals surface area contributed by atoms with Crippen LogP contribution >= 0.6 is 0 Å². The van der Waals surface area contributed by atoms with Crippen LogP contribution in [0.25, 0.3) is 0 Å². The van der Waals surface area contributed by atoms with Crippen molar-refractivity contribution in [1.82, 2.24) is 10.6 Å². The molecular formula is C12H22N2O2. The van der Waals surface area contributed by atoms with Gasteiger partial charge in [0.05, 0.1) is 12.2 Å². The van der Waals surface area contributed by atoms with Crippen LogP contribution in [0.3, 0.4) is 0 Å². The molecule has 0 bridgehead atoms. The van der Waals surface area contributed by atoms with Gasteiger partial charge in [-0.15, -0.1) is 0 Å². The molecule has 0 aromatic carbocycles. The van der Waals surface area contributed by atoms with E-state index in [1.54, 1.807) is 0 Å². The van der Waals surface area contributed by atoms with E-state index in [1.807, 2.05) is 0 Å². The lowest BCUT2D eigenvalue weighted by molar-refractivity contribution is -0.122. The van der Waals surface area contributed by atoms with Gasteiger partial charge in [-0.05, 0) is 26.2 Å². The number of amides is 1. The first-order chi connectivity index (χ1) is 7.74. The first-order valence-corrected chi connectivity index (χ1v) is 6.37. The summed E-state index contributed by atoms with van der Waals surface area (Å²) >= 11 is 0. The molecule has 92 valence electrons. The number of hydrogen-bond acceptors (Lipinski definition) is 3. The monoisotopic (exact) mass is 226 g/mol. The van der Waals surface area contributed by atoms with E-state index in [-0.39, 0.29) is 5.91 Å². The van der Waals surface area contributed by atoms with Crippen molar-refractivity contribution >= 4 is 5.91 Å². The molecular weight excluding hydrogens is 204 g/mol. The van der Waals surface area contributed by atoms with E-state index in [4.69, 9.17) is 4.74 Å². The number of carbonyl (C=O) groups excluding carboxylic acids is 1. The zero-order valence-electron chi connectivity index (χ0n) is 10.00. The zero-order valence-corrected chi connectivity index (χ0v) is 10.00. The normalized spacial score (nSPS) is 30.1. The molecule has 2 rings (SSSR count). The van der Waals surface area contributed by atoms with Crippen molar-refractivity contribution in [2.45, 2.75) is 44.8 Å². The fraction of sp³-hybridized carbons (Fsp3) is 0.917. The van der Waals surface area contributed by atoms with Gasteiger partial charge in [0.25, 0.3) is 0 Å². The Morgan fingerprint density at radius 2 is 2.25 bits per heavy atom. The van der Waals surface area contributed by atoms with Crippen LogP contribution in [0.4, 0.5) is 0 Å². The van der Waals surface area contributed by atoms with E-state index in [9.17, 15) is 4.79 Å². The van der Waals surface area contributed by atoms with Gasteiger partial charge in [-0.3, -0.25) is 4.79 Å². The van der Waals surface area contributed by atoms with Crippen molar-refractivity contribution in [2.24, 2.45) is 5.92 Å². The highest BCUT2D eigenvalue weighted by atomic mass is 16.5. The molecule has 2 aliphatic heterocycles. The van der Waals surface area contributed by atoms with Crippen LogP contribution < -0.4 is 10.6 Å². The summed E-state index contributed by atoms with van der Waals surface area (Å²) in [6.45, 7) is 5.02. The van der Waals surface area contributed by atoms with Crippen LogP contribution in [0.1, 0.15) is 32.6 Å². The van der Waals surface area contributed by atoms with Crippen LogP contribution in [0.5, 0.6) is 0 Å². The van der Waals surface area contributed by atoms with Crippen LogP contribution in [0.2, 0.25) is 0 Å². The molecule has 2 aliphatic rings. The fourth-order valence-electron chi connectivity index (χ4n) is 2.23. The lowest BCUT2D eigenvalue weighted by Gasteiger charge is -2.27. The fourth-order valence-corrected chi connectivity index (χ4v) is 2.23. The molecule has 2 atom stereocenters. The summed E-state index contributed by atoms with van der Waals surface area (Å²) in [5, 5.41) is 6.18. The number of nitrogens with one attached hydrogen (secondary N) is 2. The van der Waals surface area contributed by atoms with Gasteiger partial charge >= 0.3 is 0 Å². The van der Waals surface area contributed by atoms with Crippen LogP contribution in [-0.4, -0.2) is 37.7 Å². The maximum absolute atomic E-state index is 11.5. The predicted molar refractivity (Wildman–Crippen MR) is 62.2 cm³/mol. The van der Waals surface area contributed by atoms with Gasteiger partial charge in [0, 0.05) is 32.0 Å².